The van der Waals surface area contributed by atoms with Crippen LogP contribution in [0.2, 0.25) is 0 Å². The number of amides is 1. The van der Waals surface area contributed by atoms with Gasteiger partial charge in [0.25, 0.3) is 0 Å². The molecule has 0 unspecified atom stereocenters. The zero-order chi connectivity index (χ0) is 14.5. The second kappa shape index (κ2) is 6.31. The van der Waals surface area contributed by atoms with E-state index in [4.69, 9.17) is 4.52 Å². The molecule has 7 nitrogen and oxygen atoms in total. The summed E-state index contributed by atoms with van der Waals surface area (Å²) < 4.78 is 6.65. The molecule has 0 aromatic carbocycles. The smallest absolute Gasteiger partial charge is 0.221 e. The fourth-order valence-corrected chi connectivity index (χ4v) is 1.97. The van der Waals surface area contributed by atoms with Gasteiger partial charge in [-0.1, -0.05) is 19.0 Å². The summed E-state index contributed by atoms with van der Waals surface area (Å²) in [6.07, 6.45) is 3.96. The van der Waals surface area contributed by atoms with Crippen LogP contribution in [0.4, 0.5) is 0 Å². The topological polar surface area (TPSA) is 85.8 Å². The van der Waals surface area contributed by atoms with Crippen LogP contribution in [0.1, 0.15) is 37.9 Å². The summed E-state index contributed by atoms with van der Waals surface area (Å²) in [7, 11) is 1.82. The van der Waals surface area contributed by atoms with Crippen molar-refractivity contribution in [2.75, 3.05) is 0 Å². The van der Waals surface area contributed by atoms with E-state index in [2.05, 4.69) is 20.6 Å². The zero-order valence-electron chi connectivity index (χ0n) is 11.9. The fraction of sp³-hybridized carbons (Fsp3) is 0.538. The van der Waals surface area contributed by atoms with Crippen LogP contribution in [0.15, 0.2) is 23.1 Å². The van der Waals surface area contributed by atoms with Crippen molar-refractivity contribution in [2.45, 2.75) is 32.7 Å². The summed E-state index contributed by atoms with van der Waals surface area (Å²) >= 11 is 0. The summed E-state index contributed by atoms with van der Waals surface area (Å²) in [5.74, 6) is 1.66. The molecule has 0 saturated carbocycles. The molecular formula is C13H19N5O2. The summed E-state index contributed by atoms with van der Waals surface area (Å²) in [5.41, 5.74) is 0. The lowest BCUT2D eigenvalue weighted by atomic mass is 10.0. The molecule has 0 aliphatic carbocycles. The number of rotatable bonds is 6. The number of aryl methyl sites for hydroxylation is 2. The van der Waals surface area contributed by atoms with Gasteiger partial charge in [0.15, 0.2) is 0 Å². The molecule has 0 saturated heterocycles. The minimum Gasteiger partial charge on any atom is -0.361 e. The molecule has 7 heteroatoms. The van der Waals surface area contributed by atoms with Gasteiger partial charge in [-0.2, -0.15) is 5.10 Å². The molecule has 1 amide bonds. The molecule has 0 aliphatic rings. The van der Waals surface area contributed by atoms with Crippen molar-refractivity contribution >= 4 is 5.91 Å². The van der Waals surface area contributed by atoms with Gasteiger partial charge in [-0.15, -0.1) is 0 Å². The maximum Gasteiger partial charge on any atom is 0.221 e. The Bertz CT molecular complexity index is 547. The van der Waals surface area contributed by atoms with Gasteiger partial charge in [0.05, 0.1) is 12.2 Å². The van der Waals surface area contributed by atoms with Gasteiger partial charge in [-0.25, -0.2) is 4.98 Å². The van der Waals surface area contributed by atoms with Gasteiger partial charge < -0.3 is 9.84 Å². The van der Waals surface area contributed by atoms with E-state index in [1.807, 2.05) is 20.9 Å². The Labute approximate surface area is 117 Å². The summed E-state index contributed by atoms with van der Waals surface area (Å²) in [5, 5.41) is 10.7. The van der Waals surface area contributed by atoms with Crippen molar-refractivity contribution in [3.63, 3.8) is 0 Å². The Balaban J connectivity index is 1.95. The van der Waals surface area contributed by atoms with E-state index in [1.54, 1.807) is 16.9 Å². The number of hydrogen-bond donors (Lipinski definition) is 1. The van der Waals surface area contributed by atoms with Crippen LogP contribution in [0.25, 0.3) is 0 Å². The summed E-state index contributed by atoms with van der Waals surface area (Å²) in [6.45, 7) is 4.08. The van der Waals surface area contributed by atoms with E-state index in [0.29, 0.717) is 18.6 Å². The maximum atomic E-state index is 12.0. The van der Waals surface area contributed by atoms with E-state index < -0.39 is 0 Å². The first-order chi connectivity index (χ1) is 9.58. The van der Waals surface area contributed by atoms with E-state index in [-0.39, 0.29) is 17.9 Å². The van der Waals surface area contributed by atoms with E-state index in [9.17, 15) is 4.79 Å². The number of hydrogen-bond acceptors (Lipinski definition) is 5. The number of aromatic nitrogens is 4. The van der Waals surface area contributed by atoms with Gasteiger partial charge in [-0.05, 0) is 5.92 Å². The number of nitrogens with one attached hydrogen (secondary N) is 1. The van der Waals surface area contributed by atoms with Crippen molar-refractivity contribution in [3.8, 4) is 0 Å². The van der Waals surface area contributed by atoms with E-state index >= 15 is 0 Å². The standard InChI is InChI=1S/C13H19N5O2/c1-9(2)12(13-14-8-15-18(13)3)17-11(19)5-4-10-6-7-16-20-10/h6-9,12H,4-5H2,1-3H3,(H,17,19)/t12-/m1/s1. The van der Waals surface area contributed by atoms with Gasteiger partial charge in [-0.3, -0.25) is 9.48 Å². The number of carbonyl (C=O) groups is 1. The Morgan fingerprint density at radius 1 is 1.50 bits per heavy atom. The third-order valence-corrected chi connectivity index (χ3v) is 3.10. The summed E-state index contributed by atoms with van der Waals surface area (Å²) in [4.78, 5) is 16.2. The lowest BCUT2D eigenvalue weighted by Crippen LogP contribution is -2.33. The molecule has 1 N–H and O–H groups in total. The average Bonchev–Trinajstić information content (AvgIpc) is 3.04. The molecule has 2 rings (SSSR count). The van der Waals surface area contributed by atoms with Crippen LogP contribution in [-0.2, 0) is 18.3 Å². The first-order valence-corrected chi connectivity index (χ1v) is 6.60. The predicted molar refractivity (Wildman–Crippen MR) is 71.5 cm³/mol. The van der Waals surface area contributed by atoms with Crippen LogP contribution in [-0.4, -0.2) is 25.8 Å². The first kappa shape index (κ1) is 14.2. The number of carbonyl (C=O) groups excluding carboxylic acids is 1. The normalized spacial score (nSPS) is 12.6. The van der Waals surface area contributed by atoms with Crippen LogP contribution in [0, 0.1) is 5.92 Å². The highest BCUT2D eigenvalue weighted by molar-refractivity contribution is 5.76. The van der Waals surface area contributed by atoms with E-state index in [1.165, 1.54) is 6.33 Å². The van der Waals surface area contributed by atoms with Crippen molar-refractivity contribution in [1.29, 1.82) is 0 Å². The van der Waals surface area contributed by atoms with Crippen LogP contribution >= 0.6 is 0 Å². The molecule has 0 bridgehead atoms. The maximum absolute atomic E-state index is 12.0. The molecule has 20 heavy (non-hydrogen) atoms. The molecule has 0 fully saturated rings. The lowest BCUT2D eigenvalue weighted by molar-refractivity contribution is -0.122. The Morgan fingerprint density at radius 3 is 2.85 bits per heavy atom. The van der Waals surface area contributed by atoms with Crippen molar-refractivity contribution in [3.05, 3.63) is 30.2 Å². The lowest BCUT2D eigenvalue weighted by Gasteiger charge is -2.21. The van der Waals surface area contributed by atoms with Gasteiger partial charge >= 0.3 is 0 Å². The van der Waals surface area contributed by atoms with Crippen LogP contribution in [0.3, 0.4) is 0 Å². The highest BCUT2D eigenvalue weighted by atomic mass is 16.5. The Kier molecular flexibility index (Phi) is 4.49. The highest BCUT2D eigenvalue weighted by Crippen LogP contribution is 2.19. The molecule has 2 aromatic rings. The Hall–Kier alpha value is -2.18. The van der Waals surface area contributed by atoms with Crippen molar-refractivity contribution < 1.29 is 9.32 Å². The van der Waals surface area contributed by atoms with Gasteiger partial charge in [0.2, 0.25) is 5.91 Å². The van der Waals surface area contributed by atoms with Crippen molar-refractivity contribution in [2.24, 2.45) is 13.0 Å². The molecule has 1 atom stereocenters. The first-order valence-electron chi connectivity index (χ1n) is 6.60. The second-order valence-corrected chi connectivity index (χ2v) is 5.01. The average molecular weight is 277 g/mol. The fourth-order valence-electron chi connectivity index (χ4n) is 1.97. The number of nitrogens with zero attached hydrogens (tertiary/aromatic N) is 4. The Morgan fingerprint density at radius 2 is 2.30 bits per heavy atom. The highest BCUT2D eigenvalue weighted by Gasteiger charge is 2.22. The minimum atomic E-state index is -0.148. The molecule has 0 spiro atoms. The van der Waals surface area contributed by atoms with Crippen LogP contribution in [0.5, 0.6) is 0 Å². The summed E-state index contributed by atoms with van der Waals surface area (Å²) in [6, 6.07) is 1.61. The predicted octanol–water partition coefficient (Wildman–Crippen LogP) is 1.25. The second-order valence-electron chi connectivity index (χ2n) is 5.01. The molecule has 2 heterocycles. The zero-order valence-corrected chi connectivity index (χ0v) is 11.9. The van der Waals surface area contributed by atoms with Crippen LogP contribution < -0.4 is 5.32 Å². The SMILES string of the molecule is CC(C)[C@@H](NC(=O)CCc1ccno1)c1ncnn1C. The minimum absolute atomic E-state index is 0.0388. The largest absolute Gasteiger partial charge is 0.361 e. The molecule has 0 aliphatic heterocycles. The quantitative estimate of drug-likeness (QED) is 0.858. The monoisotopic (exact) mass is 277 g/mol. The molecule has 108 valence electrons. The van der Waals surface area contributed by atoms with Gasteiger partial charge in [0.1, 0.15) is 17.9 Å². The molecule has 0 radical (unpaired) electrons. The van der Waals surface area contributed by atoms with E-state index in [0.717, 1.165) is 5.82 Å². The van der Waals surface area contributed by atoms with Gasteiger partial charge in [0, 0.05) is 26.0 Å². The van der Waals surface area contributed by atoms with Crippen molar-refractivity contribution in [1.82, 2.24) is 25.2 Å². The molecule has 2 aromatic heterocycles. The third kappa shape index (κ3) is 3.43. The molecular weight excluding hydrogens is 258 g/mol. The third-order valence-electron chi connectivity index (χ3n) is 3.10.